The van der Waals surface area contributed by atoms with Gasteiger partial charge >= 0.3 is 0 Å². The first-order chi connectivity index (χ1) is 14.6. The van der Waals surface area contributed by atoms with Crippen molar-refractivity contribution < 1.29 is 13.7 Å². The summed E-state index contributed by atoms with van der Waals surface area (Å²) in [7, 11) is 1.68. The molecule has 1 aliphatic heterocycles. The molecule has 0 bridgehead atoms. The topological polar surface area (TPSA) is 63.4 Å². The molecule has 0 fully saturated rings. The Morgan fingerprint density at radius 1 is 1.30 bits per heavy atom. The number of hydrogen-bond donors (Lipinski definition) is 1. The number of benzene rings is 1. The third-order valence-corrected chi connectivity index (χ3v) is 6.13. The van der Waals surface area contributed by atoms with Gasteiger partial charge in [-0.15, -0.1) is 11.3 Å². The highest BCUT2D eigenvalue weighted by Crippen LogP contribution is 2.37. The van der Waals surface area contributed by atoms with Crippen LogP contribution in [0.5, 0.6) is 0 Å². The molecule has 2 aromatic heterocycles. The fourth-order valence-corrected chi connectivity index (χ4v) is 4.43. The predicted octanol–water partition coefficient (Wildman–Crippen LogP) is 4.64. The van der Waals surface area contributed by atoms with Crippen molar-refractivity contribution >= 4 is 34.2 Å². The van der Waals surface area contributed by atoms with Crippen molar-refractivity contribution in [3.05, 3.63) is 64.7 Å². The smallest absolute Gasteiger partial charge is 0.258 e. The highest BCUT2D eigenvalue weighted by Gasteiger charge is 2.34. The van der Waals surface area contributed by atoms with E-state index in [1.165, 1.54) is 12.1 Å². The molecule has 3 heterocycles. The van der Waals surface area contributed by atoms with E-state index >= 15 is 0 Å². The van der Waals surface area contributed by atoms with Gasteiger partial charge in [-0.3, -0.25) is 0 Å². The number of rotatable bonds is 7. The minimum Gasteiger partial charge on any atom is -0.385 e. The Labute approximate surface area is 183 Å². The van der Waals surface area contributed by atoms with Crippen LogP contribution in [0, 0.1) is 5.82 Å². The SMILES string of the molecule is COCCCN1C(=S)NC(c2ccc(F)cc2)C(c2nc(-c3cccs3)no2)=C1C. The first-order valence-corrected chi connectivity index (χ1v) is 10.8. The van der Waals surface area contributed by atoms with E-state index < -0.39 is 0 Å². The largest absolute Gasteiger partial charge is 0.385 e. The Kier molecular flexibility index (Phi) is 6.21. The van der Waals surface area contributed by atoms with Gasteiger partial charge in [0.1, 0.15) is 5.82 Å². The molecule has 4 rings (SSSR count). The number of thiocarbonyl (C=S) groups is 1. The normalized spacial score (nSPS) is 16.8. The number of ether oxygens (including phenoxy) is 1. The Hall–Kier alpha value is -2.62. The van der Waals surface area contributed by atoms with E-state index in [2.05, 4.69) is 15.5 Å². The minimum absolute atomic E-state index is 0.293. The van der Waals surface area contributed by atoms with Gasteiger partial charge in [-0.2, -0.15) is 4.98 Å². The van der Waals surface area contributed by atoms with E-state index in [-0.39, 0.29) is 11.9 Å². The molecule has 0 aliphatic carbocycles. The van der Waals surface area contributed by atoms with Crippen LogP contribution in [0.1, 0.15) is 30.8 Å². The van der Waals surface area contributed by atoms with Gasteiger partial charge in [0.05, 0.1) is 16.5 Å². The van der Waals surface area contributed by atoms with E-state index in [9.17, 15) is 4.39 Å². The molecule has 0 saturated carbocycles. The first kappa shape index (κ1) is 20.6. The maximum atomic E-state index is 13.5. The first-order valence-electron chi connectivity index (χ1n) is 9.49. The van der Waals surface area contributed by atoms with Crippen molar-refractivity contribution in [1.82, 2.24) is 20.4 Å². The van der Waals surface area contributed by atoms with Crippen LogP contribution in [-0.4, -0.2) is 40.4 Å². The van der Waals surface area contributed by atoms with Gasteiger partial charge in [0, 0.05) is 26.0 Å². The van der Waals surface area contributed by atoms with Crippen LogP contribution in [0.4, 0.5) is 4.39 Å². The molecule has 0 amide bonds. The van der Waals surface area contributed by atoms with Crippen molar-refractivity contribution in [2.24, 2.45) is 0 Å². The zero-order valence-electron chi connectivity index (χ0n) is 16.6. The third-order valence-electron chi connectivity index (χ3n) is 4.93. The van der Waals surface area contributed by atoms with E-state index in [0.29, 0.717) is 30.0 Å². The lowest BCUT2D eigenvalue weighted by Gasteiger charge is -2.37. The van der Waals surface area contributed by atoms with Crippen LogP contribution in [-0.2, 0) is 4.74 Å². The van der Waals surface area contributed by atoms with Gasteiger partial charge < -0.3 is 19.5 Å². The van der Waals surface area contributed by atoms with E-state index in [1.807, 2.05) is 29.3 Å². The number of allylic oxidation sites excluding steroid dienone is 1. The van der Waals surface area contributed by atoms with Crippen molar-refractivity contribution in [1.29, 1.82) is 0 Å². The van der Waals surface area contributed by atoms with Crippen molar-refractivity contribution in [3.8, 4) is 10.7 Å². The summed E-state index contributed by atoms with van der Waals surface area (Å²) in [6.07, 6.45) is 0.814. The number of nitrogens with zero attached hydrogens (tertiary/aromatic N) is 3. The van der Waals surface area contributed by atoms with Gasteiger partial charge in [-0.1, -0.05) is 23.4 Å². The molecule has 1 aromatic carbocycles. The van der Waals surface area contributed by atoms with E-state index in [4.69, 9.17) is 21.5 Å². The standard InChI is InChI=1S/C21H21FN4O2S2/c1-13-17(20-24-19(25-28-20)16-5-3-12-30-16)18(14-6-8-15(22)9-7-14)23-21(29)26(13)10-4-11-27-2/h3,5-9,12,18H,4,10-11H2,1-2H3,(H,23,29). The number of thiophene rings is 1. The quantitative estimate of drug-likeness (QED) is 0.421. The van der Waals surface area contributed by atoms with Gasteiger partial charge in [-0.25, -0.2) is 4.39 Å². The number of methoxy groups -OCH3 is 1. The lowest BCUT2D eigenvalue weighted by molar-refractivity contribution is 0.188. The highest BCUT2D eigenvalue weighted by atomic mass is 32.1. The van der Waals surface area contributed by atoms with Crippen LogP contribution < -0.4 is 5.32 Å². The minimum atomic E-state index is -0.326. The van der Waals surface area contributed by atoms with Gasteiger partial charge in [0.25, 0.3) is 5.89 Å². The molecule has 0 spiro atoms. The summed E-state index contributed by atoms with van der Waals surface area (Å²) in [6, 6.07) is 9.91. The molecular formula is C21H21FN4O2S2. The molecule has 6 nitrogen and oxygen atoms in total. The van der Waals surface area contributed by atoms with Crippen LogP contribution in [0.2, 0.25) is 0 Å². The number of halogens is 1. The summed E-state index contributed by atoms with van der Waals surface area (Å²) in [4.78, 5) is 7.58. The van der Waals surface area contributed by atoms with Crippen LogP contribution in [0.15, 0.2) is 52.0 Å². The molecule has 1 N–H and O–H groups in total. The Morgan fingerprint density at radius 3 is 2.80 bits per heavy atom. The molecule has 1 unspecified atom stereocenters. The maximum Gasteiger partial charge on any atom is 0.258 e. The number of nitrogens with one attached hydrogen (secondary N) is 1. The summed E-state index contributed by atoms with van der Waals surface area (Å²) in [5, 5.41) is 10.1. The second-order valence-corrected chi connectivity index (χ2v) is 8.17. The van der Waals surface area contributed by atoms with Gasteiger partial charge in [-0.05, 0) is 54.7 Å². The van der Waals surface area contributed by atoms with E-state index in [0.717, 1.165) is 28.1 Å². The highest BCUT2D eigenvalue weighted by molar-refractivity contribution is 7.80. The zero-order chi connectivity index (χ0) is 21.1. The van der Waals surface area contributed by atoms with Gasteiger partial charge in [0.15, 0.2) is 5.11 Å². The molecule has 1 aliphatic rings. The Balaban J connectivity index is 1.76. The second kappa shape index (κ2) is 9.03. The lowest BCUT2D eigenvalue weighted by atomic mass is 9.94. The lowest BCUT2D eigenvalue weighted by Crippen LogP contribution is -2.46. The predicted molar refractivity (Wildman–Crippen MR) is 118 cm³/mol. The van der Waals surface area contributed by atoms with Crippen molar-refractivity contribution in [2.45, 2.75) is 19.4 Å². The van der Waals surface area contributed by atoms with E-state index in [1.54, 1.807) is 30.6 Å². The van der Waals surface area contributed by atoms with Crippen molar-refractivity contribution in [2.75, 3.05) is 20.3 Å². The number of hydrogen-bond acceptors (Lipinski definition) is 6. The Morgan fingerprint density at radius 2 is 2.10 bits per heavy atom. The van der Waals surface area contributed by atoms with Crippen LogP contribution >= 0.6 is 23.6 Å². The molecular weight excluding hydrogens is 423 g/mol. The molecule has 1 atom stereocenters. The van der Waals surface area contributed by atoms with Gasteiger partial charge in [0.2, 0.25) is 5.82 Å². The van der Waals surface area contributed by atoms with Crippen LogP contribution in [0.25, 0.3) is 16.3 Å². The third kappa shape index (κ3) is 4.14. The average Bonchev–Trinajstić information content (AvgIpc) is 3.42. The molecule has 0 radical (unpaired) electrons. The molecule has 9 heteroatoms. The average molecular weight is 445 g/mol. The fraction of sp³-hybridized carbons (Fsp3) is 0.286. The molecule has 0 saturated heterocycles. The molecule has 156 valence electrons. The summed E-state index contributed by atoms with van der Waals surface area (Å²) in [5.74, 6) is 0.660. The zero-order valence-corrected chi connectivity index (χ0v) is 18.2. The Bertz CT molecular complexity index is 1050. The number of aromatic nitrogens is 2. The van der Waals surface area contributed by atoms with Crippen molar-refractivity contribution in [3.63, 3.8) is 0 Å². The monoisotopic (exact) mass is 444 g/mol. The summed E-state index contributed by atoms with van der Waals surface area (Å²) in [6.45, 7) is 3.31. The second-order valence-electron chi connectivity index (χ2n) is 6.83. The maximum absolute atomic E-state index is 13.5. The molecule has 3 aromatic rings. The summed E-state index contributed by atoms with van der Waals surface area (Å²) < 4.78 is 24.3. The van der Waals surface area contributed by atoms with Crippen LogP contribution in [0.3, 0.4) is 0 Å². The summed E-state index contributed by atoms with van der Waals surface area (Å²) in [5.41, 5.74) is 2.61. The summed E-state index contributed by atoms with van der Waals surface area (Å²) >= 11 is 7.18. The fourth-order valence-electron chi connectivity index (χ4n) is 3.44. The molecule has 30 heavy (non-hydrogen) atoms.